The fourth-order valence-electron chi connectivity index (χ4n) is 3.25. The van der Waals surface area contributed by atoms with Crippen LogP contribution < -0.4 is 4.74 Å². The Bertz CT molecular complexity index is 998. The second-order valence-electron chi connectivity index (χ2n) is 6.42. The lowest BCUT2D eigenvalue weighted by molar-refractivity contribution is -0.142. The first-order valence-corrected chi connectivity index (χ1v) is 9.11. The first kappa shape index (κ1) is 20.4. The van der Waals surface area contributed by atoms with E-state index < -0.39 is 23.7 Å². The highest BCUT2D eigenvalue weighted by molar-refractivity contribution is 6.46. The van der Waals surface area contributed by atoms with Crippen LogP contribution in [0.3, 0.4) is 0 Å². The summed E-state index contributed by atoms with van der Waals surface area (Å²) in [7, 11) is 1.48. The maximum Gasteiger partial charge on any atom is 0.305 e. The van der Waals surface area contributed by atoms with Gasteiger partial charge in [-0.25, -0.2) is 0 Å². The number of hydrogen-bond donors (Lipinski definition) is 2. The Labute approximate surface area is 171 Å². The third kappa shape index (κ3) is 4.09. The summed E-state index contributed by atoms with van der Waals surface area (Å²) in [5.41, 5.74) is 0.721. The van der Waals surface area contributed by atoms with Crippen LogP contribution in [0.4, 0.5) is 0 Å². The molecule has 1 fully saturated rings. The number of benzene rings is 2. The predicted molar refractivity (Wildman–Crippen MR) is 106 cm³/mol. The van der Waals surface area contributed by atoms with Gasteiger partial charge in [-0.15, -0.1) is 0 Å². The molecule has 0 aliphatic carbocycles. The molecule has 2 aromatic rings. The Kier molecular flexibility index (Phi) is 5.89. The molecule has 0 radical (unpaired) electrons. The fraction of sp³-hybridized carbons (Fsp3) is 0.190. The maximum absolute atomic E-state index is 12.8. The summed E-state index contributed by atoms with van der Waals surface area (Å²) in [6, 6.07) is 11.9. The molecule has 2 aromatic carbocycles. The Balaban J connectivity index is 2.16. The van der Waals surface area contributed by atoms with E-state index >= 15 is 0 Å². The number of likely N-dealkylation sites (tertiary alicyclic amines) is 1. The number of nitrogens with zero attached hydrogens (tertiary/aromatic N) is 1. The van der Waals surface area contributed by atoms with E-state index in [1.807, 2.05) is 0 Å². The topological polar surface area (TPSA) is 104 Å². The molecule has 7 nitrogen and oxygen atoms in total. The number of ketones is 1. The molecule has 0 aromatic heterocycles. The smallest absolute Gasteiger partial charge is 0.305 e. The van der Waals surface area contributed by atoms with E-state index in [1.165, 1.54) is 19.2 Å². The lowest BCUT2D eigenvalue weighted by Gasteiger charge is -2.25. The van der Waals surface area contributed by atoms with Gasteiger partial charge in [0.25, 0.3) is 11.7 Å². The summed E-state index contributed by atoms with van der Waals surface area (Å²) in [5.74, 6) is -2.71. The highest BCUT2D eigenvalue weighted by Gasteiger charge is 2.46. The average molecular weight is 416 g/mol. The number of aliphatic hydroxyl groups is 1. The summed E-state index contributed by atoms with van der Waals surface area (Å²) >= 11 is 5.88. The molecule has 2 N–H and O–H groups in total. The van der Waals surface area contributed by atoms with Crippen molar-refractivity contribution in [2.24, 2.45) is 0 Å². The van der Waals surface area contributed by atoms with E-state index in [-0.39, 0.29) is 24.3 Å². The number of amides is 1. The van der Waals surface area contributed by atoms with Crippen molar-refractivity contribution < 1.29 is 29.3 Å². The van der Waals surface area contributed by atoms with Crippen LogP contribution in [0.5, 0.6) is 5.75 Å². The molecule has 1 atom stereocenters. The fourth-order valence-corrected chi connectivity index (χ4v) is 3.37. The molecule has 1 saturated heterocycles. The van der Waals surface area contributed by atoms with Crippen molar-refractivity contribution in [2.45, 2.75) is 12.5 Å². The number of carbonyl (C=O) groups excluding carboxylic acids is 2. The standard InChI is InChI=1S/C21H18ClNO6/c1-29-15-4-2-3-13(11-15)18-17(19(26)12-5-7-14(22)8-6-12)20(27)21(28)23(18)10-9-16(24)25/h2-8,11,18,26H,9-10H2,1H3,(H,24,25)/t18-/m1/s1. The van der Waals surface area contributed by atoms with Crippen LogP contribution in [0, 0.1) is 0 Å². The van der Waals surface area contributed by atoms with Crippen LogP contribution in [0.25, 0.3) is 5.76 Å². The van der Waals surface area contributed by atoms with Crippen molar-refractivity contribution in [3.63, 3.8) is 0 Å². The van der Waals surface area contributed by atoms with Gasteiger partial charge in [-0.1, -0.05) is 23.7 Å². The maximum atomic E-state index is 12.8. The van der Waals surface area contributed by atoms with Crippen molar-refractivity contribution in [3.8, 4) is 5.75 Å². The second-order valence-corrected chi connectivity index (χ2v) is 6.86. The average Bonchev–Trinajstić information content (AvgIpc) is 2.97. The lowest BCUT2D eigenvalue weighted by atomic mass is 9.95. The zero-order valence-corrected chi connectivity index (χ0v) is 16.2. The third-order valence-electron chi connectivity index (χ3n) is 4.63. The number of ether oxygens (including phenoxy) is 1. The zero-order chi connectivity index (χ0) is 21.1. The van der Waals surface area contributed by atoms with Gasteiger partial charge < -0.3 is 19.8 Å². The summed E-state index contributed by atoms with van der Waals surface area (Å²) in [6.45, 7) is -0.181. The van der Waals surface area contributed by atoms with Crippen LogP contribution >= 0.6 is 11.6 Å². The monoisotopic (exact) mass is 415 g/mol. The van der Waals surface area contributed by atoms with Crippen LogP contribution in [0.2, 0.25) is 5.02 Å². The highest BCUT2D eigenvalue weighted by atomic mass is 35.5. The minimum absolute atomic E-state index is 0.115. The summed E-state index contributed by atoms with van der Waals surface area (Å²) in [5, 5.41) is 20.3. The number of carbonyl (C=O) groups is 3. The number of halogens is 1. The minimum Gasteiger partial charge on any atom is -0.507 e. The van der Waals surface area contributed by atoms with E-state index in [0.717, 1.165) is 4.90 Å². The molecule has 0 unspecified atom stereocenters. The molecule has 1 amide bonds. The first-order valence-electron chi connectivity index (χ1n) is 8.73. The van der Waals surface area contributed by atoms with Gasteiger partial charge in [-0.3, -0.25) is 14.4 Å². The third-order valence-corrected chi connectivity index (χ3v) is 4.89. The molecule has 0 spiro atoms. The van der Waals surface area contributed by atoms with Crippen molar-refractivity contribution >= 4 is 35.0 Å². The molecular weight excluding hydrogens is 398 g/mol. The van der Waals surface area contributed by atoms with Gasteiger partial charge in [0, 0.05) is 17.1 Å². The normalized spacial score (nSPS) is 18.1. The Hall–Kier alpha value is -3.32. The molecular formula is C21H18ClNO6. The Morgan fingerprint density at radius 2 is 1.83 bits per heavy atom. The van der Waals surface area contributed by atoms with E-state index in [9.17, 15) is 19.5 Å². The number of methoxy groups -OCH3 is 1. The van der Waals surface area contributed by atoms with Gasteiger partial charge in [-0.05, 0) is 42.0 Å². The van der Waals surface area contributed by atoms with E-state index in [0.29, 0.717) is 21.9 Å². The summed E-state index contributed by atoms with van der Waals surface area (Å²) in [6.07, 6.45) is -0.339. The molecule has 0 saturated carbocycles. The van der Waals surface area contributed by atoms with Crippen LogP contribution in [0.1, 0.15) is 23.6 Å². The molecule has 1 heterocycles. The number of rotatable bonds is 6. The zero-order valence-electron chi connectivity index (χ0n) is 15.5. The quantitative estimate of drug-likeness (QED) is 0.426. The van der Waals surface area contributed by atoms with Gasteiger partial charge in [0.05, 0.1) is 25.1 Å². The highest BCUT2D eigenvalue weighted by Crippen LogP contribution is 2.40. The molecule has 1 aliphatic rings. The first-order chi connectivity index (χ1) is 13.8. The van der Waals surface area contributed by atoms with Gasteiger partial charge >= 0.3 is 5.97 Å². The summed E-state index contributed by atoms with van der Waals surface area (Å²) in [4.78, 5) is 37.6. The number of aliphatic carboxylic acids is 1. The number of aliphatic hydroxyl groups excluding tert-OH is 1. The molecule has 1 aliphatic heterocycles. The predicted octanol–water partition coefficient (Wildman–Crippen LogP) is 3.25. The van der Waals surface area contributed by atoms with Crippen LogP contribution in [-0.2, 0) is 14.4 Å². The van der Waals surface area contributed by atoms with Crippen molar-refractivity contribution in [1.82, 2.24) is 4.90 Å². The van der Waals surface area contributed by atoms with Gasteiger partial charge in [0.2, 0.25) is 0 Å². The van der Waals surface area contributed by atoms with Crippen molar-refractivity contribution in [3.05, 3.63) is 70.3 Å². The van der Waals surface area contributed by atoms with E-state index in [2.05, 4.69) is 0 Å². The number of hydrogen-bond acceptors (Lipinski definition) is 5. The van der Waals surface area contributed by atoms with E-state index in [4.69, 9.17) is 21.4 Å². The van der Waals surface area contributed by atoms with Crippen LogP contribution in [0.15, 0.2) is 54.1 Å². The Morgan fingerprint density at radius 3 is 2.45 bits per heavy atom. The SMILES string of the molecule is COc1cccc([C@@H]2C(=C(O)c3ccc(Cl)cc3)C(=O)C(=O)N2CCC(=O)O)c1. The Morgan fingerprint density at radius 1 is 1.14 bits per heavy atom. The van der Waals surface area contributed by atoms with Crippen LogP contribution in [-0.4, -0.2) is 46.4 Å². The van der Waals surface area contributed by atoms with Gasteiger partial charge in [0.15, 0.2) is 0 Å². The number of Topliss-reactive ketones (excluding diaryl/α,β-unsaturated/α-hetero) is 1. The molecule has 29 heavy (non-hydrogen) atoms. The summed E-state index contributed by atoms with van der Waals surface area (Å²) < 4.78 is 5.22. The van der Waals surface area contributed by atoms with Gasteiger partial charge in [-0.2, -0.15) is 0 Å². The van der Waals surface area contributed by atoms with E-state index in [1.54, 1.807) is 36.4 Å². The molecule has 0 bridgehead atoms. The van der Waals surface area contributed by atoms with Crippen molar-refractivity contribution in [2.75, 3.05) is 13.7 Å². The van der Waals surface area contributed by atoms with Crippen molar-refractivity contribution in [1.29, 1.82) is 0 Å². The minimum atomic E-state index is -1.10. The number of carboxylic acid groups (broad SMARTS) is 1. The molecule has 8 heteroatoms. The lowest BCUT2D eigenvalue weighted by Crippen LogP contribution is -2.31. The largest absolute Gasteiger partial charge is 0.507 e. The molecule has 150 valence electrons. The molecule has 3 rings (SSSR count). The van der Waals surface area contributed by atoms with Gasteiger partial charge in [0.1, 0.15) is 11.5 Å². The second kappa shape index (κ2) is 8.36. The number of carboxylic acids is 1.